The highest BCUT2D eigenvalue weighted by molar-refractivity contribution is 6.31. The summed E-state index contributed by atoms with van der Waals surface area (Å²) in [5.74, 6) is -0.336. The summed E-state index contributed by atoms with van der Waals surface area (Å²) >= 11 is 11.7. The smallest absolute Gasteiger partial charge is 0.283 e. The van der Waals surface area contributed by atoms with Crippen LogP contribution in [0, 0.1) is 16.0 Å². The Labute approximate surface area is 121 Å². The molecule has 0 saturated carbocycles. The molecule has 1 rings (SSSR count). The molecule has 1 aromatic carbocycles. The zero-order chi connectivity index (χ0) is 14.6. The number of rotatable bonds is 5. The Bertz CT molecular complexity index is 492. The third-order valence-electron chi connectivity index (χ3n) is 2.58. The van der Waals surface area contributed by atoms with E-state index in [1.807, 2.05) is 13.8 Å². The van der Waals surface area contributed by atoms with Gasteiger partial charge in [-0.1, -0.05) is 25.4 Å². The van der Waals surface area contributed by atoms with Crippen LogP contribution < -0.4 is 5.32 Å². The van der Waals surface area contributed by atoms with E-state index >= 15 is 0 Å². The van der Waals surface area contributed by atoms with Gasteiger partial charge in [-0.2, -0.15) is 0 Å². The van der Waals surface area contributed by atoms with Crippen molar-refractivity contribution in [2.45, 2.75) is 19.2 Å². The predicted molar refractivity (Wildman–Crippen MR) is 74.9 cm³/mol. The lowest BCUT2D eigenvalue weighted by molar-refractivity contribution is -0.385. The summed E-state index contributed by atoms with van der Waals surface area (Å²) in [5, 5.41) is 13.4. The van der Waals surface area contributed by atoms with Gasteiger partial charge in [-0.25, -0.2) is 0 Å². The van der Waals surface area contributed by atoms with Crippen LogP contribution in [0.25, 0.3) is 0 Å². The minimum absolute atomic E-state index is 0.0259. The second-order valence-electron chi connectivity index (χ2n) is 4.39. The van der Waals surface area contributed by atoms with E-state index in [-0.39, 0.29) is 34.1 Å². The molecular formula is C12H14Cl2N2O3. The van der Waals surface area contributed by atoms with Crippen LogP contribution in [-0.4, -0.2) is 22.8 Å². The number of halogens is 2. The fraction of sp³-hybridized carbons (Fsp3) is 0.417. The van der Waals surface area contributed by atoms with Crippen LogP contribution >= 0.6 is 23.2 Å². The number of alkyl halides is 1. The molecule has 0 aliphatic heterocycles. The highest BCUT2D eigenvalue weighted by Crippen LogP contribution is 2.23. The monoisotopic (exact) mass is 304 g/mol. The van der Waals surface area contributed by atoms with Gasteiger partial charge in [-0.3, -0.25) is 14.9 Å². The molecule has 0 fully saturated rings. The summed E-state index contributed by atoms with van der Waals surface area (Å²) < 4.78 is 0. The minimum atomic E-state index is -0.637. The molecule has 0 saturated heterocycles. The molecule has 7 heteroatoms. The molecule has 0 spiro atoms. The molecule has 0 aromatic heterocycles. The number of nitrogens with zero attached hydrogens (tertiary/aromatic N) is 1. The van der Waals surface area contributed by atoms with E-state index in [4.69, 9.17) is 23.2 Å². The molecule has 1 N–H and O–H groups in total. The van der Waals surface area contributed by atoms with Crippen molar-refractivity contribution < 1.29 is 9.72 Å². The van der Waals surface area contributed by atoms with Gasteiger partial charge in [-0.15, -0.1) is 11.6 Å². The van der Waals surface area contributed by atoms with Crippen molar-refractivity contribution in [1.82, 2.24) is 5.32 Å². The molecule has 5 nitrogen and oxygen atoms in total. The SMILES string of the molecule is CC(C)C(Cl)CNC(=O)c1ccc(Cl)cc1[N+](=O)[O-]. The van der Waals surface area contributed by atoms with Gasteiger partial charge in [0.15, 0.2) is 0 Å². The molecular weight excluding hydrogens is 291 g/mol. The van der Waals surface area contributed by atoms with Crippen molar-refractivity contribution in [2.75, 3.05) is 6.54 Å². The lowest BCUT2D eigenvalue weighted by Gasteiger charge is -2.14. The number of amides is 1. The Morgan fingerprint density at radius 2 is 2.11 bits per heavy atom. The molecule has 104 valence electrons. The van der Waals surface area contributed by atoms with Crippen LogP contribution in [0.3, 0.4) is 0 Å². The first-order chi connectivity index (χ1) is 8.82. The standard InChI is InChI=1S/C12H14Cl2N2O3/c1-7(2)10(14)6-15-12(17)9-4-3-8(13)5-11(9)16(18)19/h3-5,7,10H,6H2,1-2H3,(H,15,17). The number of nitro benzene ring substituents is 1. The average Bonchev–Trinajstić information content (AvgIpc) is 2.35. The van der Waals surface area contributed by atoms with Gasteiger partial charge in [0, 0.05) is 17.6 Å². The zero-order valence-corrected chi connectivity index (χ0v) is 12.0. The van der Waals surface area contributed by atoms with E-state index in [1.165, 1.54) is 12.1 Å². The number of benzene rings is 1. The first-order valence-corrected chi connectivity index (χ1v) is 6.50. The number of carbonyl (C=O) groups is 1. The highest BCUT2D eigenvalue weighted by atomic mass is 35.5. The van der Waals surface area contributed by atoms with Gasteiger partial charge < -0.3 is 5.32 Å². The molecule has 1 amide bonds. The number of nitrogens with one attached hydrogen (secondary N) is 1. The molecule has 1 unspecified atom stereocenters. The quantitative estimate of drug-likeness (QED) is 0.515. The van der Waals surface area contributed by atoms with Crippen molar-refractivity contribution in [3.05, 3.63) is 38.9 Å². The van der Waals surface area contributed by atoms with Gasteiger partial charge in [0.05, 0.1) is 10.3 Å². The Kier molecular flexibility index (Phi) is 5.57. The maximum absolute atomic E-state index is 11.9. The van der Waals surface area contributed by atoms with Crippen LogP contribution in [0.1, 0.15) is 24.2 Å². The van der Waals surface area contributed by atoms with E-state index < -0.39 is 10.8 Å². The largest absolute Gasteiger partial charge is 0.350 e. The fourth-order valence-electron chi connectivity index (χ4n) is 1.37. The Morgan fingerprint density at radius 1 is 1.47 bits per heavy atom. The number of hydrogen-bond acceptors (Lipinski definition) is 3. The Hall–Kier alpha value is -1.33. The summed E-state index contributed by atoms with van der Waals surface area (Å²) in [7, 11) is 0. The van der Waals surface area contributed by atoms with Crippen LogP contribution in [0.4, 0.5) is 5.69 Å². The van der Waals surface area contributed by atoms with E-state index in [9.17, 15) is 14.9 Å². The van der Waals surface area contributed by atoms with E-state index in [1.54, 1.807) is 0 Å². The lowest BCUT2D eigenvalue weighted by Crippen LogP contribution is -2.32. The average molecular weight is 305 g/mol. The van der Waals surface area contributed by atoms with E-state index in [2.05, 4.69) is 5.32 Å². The van der Waals surface area contributed by atoms with Gasteiger partial charge in [0.25, 0.3) is 11.6 Å². The van der Waals surface area contributed by atoms with Crippen molar-refractivity contribution in [3.63, 3.8) is 0 Å². The van der Waals surface area contributed by atoms with Gasteiger partial charge in [0.1, 0.15) is 5.56 Å². The maximum Gasteiger partial charge on any atom is 0.283 e. The van der Waals surface area contributed by atoms with Gasteiger partial charge in [0.2, 0.25) is 0 Å². The summed E-state index contributed by atoms with van der Waals surface area (Å²) in [6, 6.07) is 3.91. The number of hydrogen-bond donors (Lipinski definition) is 1. The summed E-state index contributed by atoms with van der Waals surface area (Å²) in [6.07, 6.45) is 0. The third kappa shape index (κ3) is 4.36. The normalized spacial score (nSPS) is 12.3. The molecule has 0 aliphatic rings. The van der Waals surface area contributed by atoms with Crippen molar-refractivity contribution in [3.8, 4) is 0 Å². The van der Waals surface area contributed by atoms with Crippen LogP contribution in [-0.2, 0) is 0 Å². The second-order valence-corrected chi connectivity index (χ2v) is 5.39. The van der Waals surface area contributed by atoms with Crippen molar-refractivity contribution in [2.24, 2.45) is 5.92 Å². The zero-order valence-electron chi connectivity index (χ0n) is 10.5. The summed E-state index contributed by atoms with van der Waals surface area (Å²) in [5.41, 5.74) is -0.345. The van der Waals surface area contributed by atoms with Gasteiger partial charge in [-0.05, 0) is 18.1 Å². The molecule has 0 radical (unpaired) electrons. The number of nitro groups is 1. The van der Waals surface area contributed by atoms with Crippen LogP contribution in [0.15, 0.2) is 18.2 Å². The van der Waals surface area contributed by atoms with Crippen LogP contribution in [0.5, 0.6) is 0 Å². The van der Waals surface area contributed by atoms with Gasteiger partial charge >= 0.3 is 0 Å². The minimum Gasteiger partial charge on any atom is -0.350 e. The third-order valence-corrected chi connectivity index (χ3v) is 3.48. The van der Waals surface area contributed by atoms with Crippen molar-refractivity contribution >= 4 is 34.8 Å². The number of carbonyl (C=O) groups excluding carboxylic acids is 1. The lowest BCUT2D eigenvalue weighted by atomic mass is 10.1. The van der Waals surface area contributed by atoms with E-state index in [0.29, 0.717) is 0 Å². The van der Waals surface area contributed by atoms with Crippen molar-refractivity contribution in [1.29, 1.82) is 0 Å². The highest BCUT2D eigenvalue weighted by Gasteiger charge is 2.21. The predicted octanol–water partition coefficient (Wildman–Crippen LogP) is 3.24. The molecule has 1 aromatic rings. The topological polar surface area (TPSA) is 72.2 Å². The maximum atomic E-state index is 11.9. The molecule has 19 heavy (non-hydrogen) atoms. The second kappa shape index (κ2) is 6.73. The first-order valence-electron chi connectivity index (χ1n) is 5.69. The summed E-state index contributed by atoms with van der Waals surface area (Å²) in [6.45, 7) is 4.10. The molecule has 0 aliphatic carbocycles. The Morgan fingerprint density at radius 3 is 2.63 bits per heavy atom. The first kappa shape index (κ1) is 15.7. The molecule has 0 heterocycles. The molecule has 0 bridgehead atoms. The molecule has 1 atom stereocenters. The fourth-order valence-corrected chi connectivity index (χ4v) is 1.61. The van der Waals surface area contributed by atoms with E-state index in [0.717, 1.165) is 6.07 Å². The summed E-state index contributed by atoms with van der Waals surface area (Å²) in [4.78, 5) is 22.1. The Balaban J connectivity index is 2.85. The van der Waals surface area contributed by atoms with Crippen LogP contribution in [0.2, 0.25) is 5.02 Å².